The topological polar surface area (TPSA) is 21.3 Å². The van der Waals surface area contributed by atoms with E-state index in [0.717, 1.165) is 13.0 Å². The molecule has 1 saturated carbocycles. The maximum Gasteiger partial charge on any atom is 0.0756 e. The van der Waals surface area contributed by atoms with Crippen molar-refractivity contribution in [2.24, 2.45) is 0 Å². The van der Waals surface area contributed by atoms with Crippen molar-refractivity contribution >= 4 is 17.3 Å². The first-order valence-corrected chi connectivity index (χ1v) is 8.40. The van der Waals surface area contributed by atoms with E-state index in [0.29, 0.717) is 12.0 Å². The van der Waals surface area contributed by atoms with Gasteiger partial charge >= 0.3 is 0 Å². The quantitative estimate of drug-likeness (QED) is 0.814. The summed E-state index contributed by atoms with van der Waals surface area (Å²) < 4.78 is 6.31. The van der Waals surface area contributed by atoms with Crippen LogP contribution in [0.5, 0.6) is 0 Å². The van der Waals surface area contributed by atoms with E-state index in [4.69, 9.17) is 16.3 Å². The number of alkyl halides is 1. The van der Waals surface area contributed by atoms with Crippen LogP contribution in [0.4, 0.5) is 5.69 Å². The van der Waals surface area contributed by atoms with Crippen molar-refractivity contribution in [2.45, 2.75) is 56.7 Å². The number of rotatable bonds is 5. The second-order valence-electron chi connectivity index (χ2n) is 6.19. The number of aryl methyl sites for hydroxylation is 1. The van der Waals surface area contributed by atoms with Crippen LogP contribution in [0.1, 0.15) is 44.1 Å². The second-order valence-corrected chi connectivity index (χ2v) is 6.56. The molecule has 1 aliphatic heterocycles. The molecule has 1 spiro atoms. The maximum absolute atomic E-state index is 6.31. The van der Waals surface area contributed by atoms with Crippen LogP contribution in [0.15, 0.2) is 24.3 Å². The molecule has 1 heterocycles. The third-order valence-electron chi connectivity index (χ3n) is 4.72. The lowest BCUT2D eigenvalue weighted by molar-refractivity contribution is -0.0307. The zero-order chi connectivity index (χ0) is 13.8. The van der Waals surface area contributed by atoms with E-state index in [1.165, 1.54) is 49.8 Å². The summed E-state index contributed by atoms with van der Waals surface area (Å²) in [6.07, 6.45) is 9.04. The van der Waals surface area contributed by atoms with Gasteiger partial charge in [-0.15, -0.1) is 11.6 Å². The van der Waals surface area contributed by atoms with Gasteiger partial charge in [0.2, 0.25) is 0 Å². The highest BCUT2D eigenvalue weighted by molar-refractivity contribution is 6.17. The molecule has 1 unspecified atom stereocenters. The van der Waals surface area contributed by atoms with Crippen LogP contribution in [0.25, 0.3) is 0 Å². The Kier molecular flexibility index (Phi) is 4.52. The van der Waals surface area contributed by atoms with Gasteiger partial charge in [0, 0.05) is 18.1 Å². The summed E-state index contributed by atoms with van der Waals surface area (Å²) in [5.74, 6) is 0.685. The Bertz CT molecular complexity index is 425. The molecule has 0 radical (unpaired) electrons. The molecule has 1 aromatic rings. The fourth-order valence-corrected chi connectivity index (χ4v) is 3.77. The molecule has 2 fully saturated rings. The normalized spacial score (nSPS) is 24.4. The minimum Gasteiger partial charge on any atom is -0.382 e. The number of ether oxygens (including phenoxy) is 1. The Balaban J connectivity index is 1.47. The van der Waals surface area contributed by atoms with Crippen molar-refractivity contribution in [3.63, 3.8) is 0 Å². The van der Waals surface area contributed by atoms with Gasteiger partial charge in [0.1, 0.15) is 0 Å². The molecule has 3 rings (SSSR count). The first-order chi connectivity index (χ1) is 9.80. The zero-order valence-electron chi connectivity index (χ0n) is 12.0. The summed E-state index contributed by atoms with van der Waals surface area (Å²) in [6, 6.07) is 8.59. The molecule has 2 aliphatic rings. The SMILES string of the molecule is ClCCc1ccc(NCC2CCC3(CCCC3)O2)cc1. The Hall–Kier alpha value is -0.730. The number of nitrogens with one attached hydrogen (secondary N) is 1. The zero-order valence-corrected chi connectivity index (χ0v) is 12.8. The Morgan fingerprint density at radius 2 is 1.90 bits per heavy atom. The lowest BCUT2D eigenvalue weighted by Crippen LogP contribution is -2.27. The first kappa shape index (κ1) is 14.2. The highest BCUT2D eigenvalue weighted by Crippen LogP contribution is 2.43. The van der Waals surface area contributed by atoms with Crippen LogP contribution >= 0.6 is 11.6 Å². The van der Waals surface area contributed by atoms with Gasteiger partial charge < -0.3 is 10.1 Å². The molecule has 1 saturated heterocycles. The van der Waals surface area contributed by atoms with Crippen molar-refractivity contribution in [3.8, 4) is 0 Å². The molecule has 1 N–H and O–H groups in total. The van der Waals surface area contributed by atoms with Crippen LogP contribution in [-0.4, -0.2) is 24.1 Å². The predicted octanol–water partition coefficient (Wildman–Crippen LogP) is 4.37. The van der Waals surface area contributed by atoms with Gasteiger partial charge in [-0.1, -0.05) is 25.0 Å². The number of halogens is 1. The van der Waals surface area contributed by atoms with Crippen LogP contribution in [0, 0.1) is 0 Å². The minimum absolute atomic E-state index is 0.247. The minimum atomic E-state index is 0.247. The first-order valence-electron chi connectivity index (χ1n) is 7.86. The van der Waals surface area contributed by atoms with Crippen molar-refractivity contribution < 1.29 is 4.74 Å². The molecular weight excluding hydrogens is 270 g/mol. The van der Waals surface area contributed by atoms with Gasteiger partial charge in [0.25, 0.3) is 0 Å². The van der Waals surface area contributed by atoms with E-state index in [2.05, 4.69) is 29.6 Å². The lowest BCUT2D eigenvalue weighted by atomic mass is 9.98. The van der Waals surface area contributed by atoms with Gasteiger partial charge in [-0.2, -0.15) is 0 Å². The fourth-order valence-electron chi connectivity index (χ4n) is 3.56. The van der Waals surface area contributed by atoms with Gasteiger partial charge in [-0.25, -0.2) is 0 Å². The standard InChI is InChI=1S/C17H24ClNO/c18-12-8-14-3-5-15(6-4-14)19-13-16-7-11-17(20-16)9-1-2-10-17/h3-6,16,19H,1-2,7-13H2. The van der Waals surface area contributed by atoms with Crippen molar-refractivity contribution in [2.75, 3.05) is 17.7 Å². The van der Waals surface area contributed by atoms with E-state index in [1.807, 2.05) is 0 Å². The molecule has 2 nitrogen and oxygen atoms in total. The smallest absolute Gasteiger partial charge is 0.0756 e. The summed E-state index contributed by atoms with van der Waals surface area (Å²) in [5.41, 5.74) is 2.73. The third kappa shape index (κ3) is 3.29. The number of hydrogen-bond acceptors (Lipinski definition) is 2. The number of hydrogen-bond donors (Lipinski definition) is 1. The van der Waals surface area contributed by atoms with Gasteiger partial charge in [0.05, 0.1) is 11.7 Å². The molecule has 1 aliphatic carbocycles. The molecule has 0 bridgehead atoms. The molecule has 1 aromatic carbocycles. The summed E-state index contributed by atoms with van der Waals surface area (Å²) in [6.45, 7) is 0.927. The summed E-state index contributed by atoms with van der Waals surface area (Å²) in [5, 5.41) is 3.50. The third-order valence-corrected chi connectivity index (χ3v) is 4.91. The predicted molar refractivity (Wildman–Crippen MR) is 84.7 cm³/mol. The Morgan fingerprint density at radius 1 is 1.15 bits per heavy atom. The second kappa shape index (κ2) is 6.36. The summed E-state index contributed by atoms with van der Waals surface area (Å²) in [7, 11) is 0. The summed E-state index contributed by atoms with van der Waals surface area (Å²) >= 11 is 5.75. The van der Waals surface area contributed by atoms with Crippen molar-refractivity contribution in [1.82, 2.24) is 0 Å². The Labute approximate surface area is 126 Å². The van der Waals surface area contributed by atoms with Gasteiger partial charge in [-0.05, 0) is 49.8 Å². The molecular formula is C17H24ClNO. The van der Waals surface area contributed by atoms with Crippen LogP contribution in [-0.2, 0) is 11.2 Å². The molecule has 3 heteroatoms. The van der Waals surface area contributed by atoms with Crippen molar-refractivity contribution in [1.29, 1.82) is 0 Å². The van der Waals surface area contributed by atoms with Crippen LogP contribution in [0.2, 0.25) is 0 Å². The van der Waals surface area contributed by atoms with Gasteiger partial charge in [-0.3, -0.25) is 0 Å². The van der Waals surface area contributed by atoms with E-state index < -0.39 is 0 Å². The monoisotopic (exact) mass is 293 g/mol. The average molecular weight is 294 g/mol. The number of benzene rings is 1. The van der Waals surface area contributed by atoms with Crippen LogP contribution in [0.3, 0.4) is 0 Å². The Morgan fingerprint density at radius 3 is 2.60 bits per heavy atom. The molecule has 0 amide bonds. The molecule has 1 atom stereocenters. The molecule has 110 valence electrons. The van der Waals surface area contributed by atoms with E-state index in [1.54, 1.807) is 0 Å². The highest BCUT2D eigenvalue weighted by atomic mass is 35.5. The van der Waals surface area contributed by atoms with Crippen LogP contribution < -0.4 is 5.32 Å². The van der Waals surface area contributed by atoms with E-state index in [9.17, 15) is 0 Å². The molecule has 0 aromatic heterocycles. The fraction of sp³-hybridized carbons (Fsp3) is 0.647. The average Bonchev–Trinajstić information content (AvgIpc) is 3.09. The largest absolute Gasteiger partial charge is 0.382 e. The van der Waals surface area contributed by atoms with Crippen molar-refractivity contribution in [3.05, 3.63) is 29.8 Å². The highest BCUT2D eigenvalue weighted by Gasteiger charge is 2.41. The maximum atomic E-state index is 6.31. The summed E-state index contributed by atoms with van der Waals surface area (Å²) in [4.78, 5) is 0. The molecule has 20 heavy (non-hydrogen) atoms. The lowest BCUT2D eigenvalue weighted by Gasteiger charge is -2.24. The van der Waals surface area contributed by atoms with E-state index >= 15 is 0 Å². The van der Waals surface area contributed by atoms with Gasteiger partial charge in [0.15, 0.2) is 0 Å². The van der Waals surface area contributed by atoms with E-state index in [-0.39, 0.29) is 5.60 Å². The number of anilines is 1.